The highest BCUT2D eigenvalue weighted by molar-refractivity contribution is 6.15. The lowest BCUT2D eigenvalue weighted by molar-refractivity contribution is 1.07. The Balaban J connectivity index is 1.11. The summed E-state index contributed by atoms with van der Waals surface area (Å²) in [6.45, 7) is 0. The molecule has 0 unspecified atom stereocenters. The van der Waals surface area contributed by atoms with E-state index in [1.807, 2.05) is 36.4 Å². The van der Waals surface area contributed by atoms with Gasteiger partial charge in [-0.3, -0.25) is 0 Å². The van der Waals surface area contributed by atoms with Crippen LogP contribution in [0.2, 0.25) is 0 Å². The highest BCUT2D eigenvalue weighted by Gasteiger charge is 2.21. The maximum atomic E-state index is 5.13. The van der Waals surface area contributed by atoms with Crippen LogP contribution < -0.4 is 0 Å². The Labute approximate surface area is 323 Å². The van der Waals surface area contributed by atoms with Gasteiger partial charge in [0.05, 0.1) is 27.8 Å². The first-order chi connectivity index (χ1) is 27.8. The number of hydrogen-bond donors (Lipinski definition) is 0. The van der Waals surface area contributed by atoms with Crippen LogP contribution in [0.5, 0.6) is 0 Å². The Hall–Kier alpha value is -7.63. The molecule has 0 amide bonds. The Kier molecular flexibility index (Phi) is 7.42. The molecule has 0 aliphatic heterocycles. The van der Waals surface area contributed by atoms with E-state index in [0.29, 0.717) is 17.5 Å². The number of rotatable bonds is 6. The van der Waals surface area contributed by atoms with Crippen LogP contribution in [-0.2, 0) is 0 Å². The van der Waals surface area contributed by atoms with Crippen molar-refractivity contribution in [3.63, 3.8) is 0 Å². The van der Waals surface area contributed by atoms with Gasteiger partial charge in [0.2, 0.25) is 0 Å². The van der Waals surface area contributed by atoms with E-state index in [0.717, 1.165) is 55.4 Å². The number of aromatic nitrogens is 5. The van der Waals surface area contributed by atoms with Crippen molar-refractivity contribution < 1.29 is 0 Å². The molecule has 11 aromatic rings. The molecule has 5 nitrogen and oxygen atoms in total. The topological polar surface area (TPSA) is 48.5 Å². The van der Waals surface area contributed by atoms with Crippen molar-refractivity contribution in [2.24, 2.45) is 0 Å². The zero-order chi connectivity index (χ0) is 37.0. The Bertz CT molecular complexity index is 3220. The van der Waals surface area contributed by atoms with Crippen LogP contribution in [0, 0.1) is 0 Å². The summed E-state index contributed by atoms with van der Waals surface area (Å²) in [5.74, 6) is 1.91. The van der Waals surface area contributed by atoms with Gasteiger partial charge in [0.25, 0.3) is 0 Å². The largest absolute Gasteiger partial charge is 0.307 e. The number of para-hydroxylation sites is 4. The molecule has 0 fully saturated rings. The third-order valence-electron chi connectivity index (χ3n) is 10.8. The second kappa shape index (κ2) is 13.0. The summed E-state index contributed by atoms with van der Waals surface area (Å²) in [6, 6.07) is 70.3. The lowest BCUT2D eigenvalue weighted by Crippen LogP contribution is -2.01. The molecular weight excluding hydrogens is 683 g/mol. The monoisotopic (exact) mass is 715 g/mol. The van der Waals surface area contributed by atoms with Crippen LogP contribution in [0.15, 0.2) is 200 Å². The predicted molar refractivity (Wildman–Crippen MR) is 230 cm³/mol. The first-order valence-electron chi connectivity index (χ1n) is 18.9. The molecule has 11 rings (SSSR count). The smallest absolute Gasteiger partial charge is 0.164 e. The number of nitrogens with zero attached hydrogens (tertiary/aromatic N) is 5. The maximum Gasteiger partial charge on any atom is 0.164 e. The maximum absolute atomic E-state index is 5.13. The van der Waals surface area contributed by atoms with Gasteiger partial charge >= 0.3 is 0 Å². The van der Waals surface area contributed by atoms with Crippen molar-refractivity contribution in [1.82, 2.24) is 24.1 Å². The summed E-state index contributed by atoms with van der Waals surface area (Å²) in [6.07, 6.45) is 0. The van der Waals surface area contributed by atoms with Crippen LogP contribution in [0.4, 0.5) is 0 Å². The first kappa shape index (κ1) is 31.9. The molecule has 3 aromatic heterocycles. The molecule has 0 atom stereocenters. The van der Waals surface area contributed by atoms with Gasteiger partial charge in [-0.05, 0) is 59.7 Å². The minimum absolute atomic E-state index is 0.631. The summed E-state index contributed by atoms with van der Waals surface area (Å²) in [4.78, 5) is 15.2. The third-order valence-corrected chi connectivity index (χ3v) is 10.8. The normalized spacial score (nSPS) is 11.6. The lowest BCUT2D eigenvalue weighted by Gasteiger charge is -2.14. The molecule has 56 heavy (non-hydrogen) atoms. The fourth-order valence-electron chi connectivity index (χ4n) is 8.19. The number of fused-ring (bicyclic) bond motifs is 6. The van der Waals surface area contributed by atoms with Gasteiger partial charge in [-0.2, -0.15) is 0 Å². The molecule has 262 valence electrons. The van der Waals surface area contributed by atoms with Crippen LogP contribution in [-0.4, -0.2) is 24.1 Å². The van der Waals surface area contributed by atoms with Gasteiger partial charge in [-0.25, -0.2) is 15.0 Å². The minimum atomic E-state index is 0.631. The molecule has 0 N–H and O–H groups in total. The van der Waals surface area contributed by atoms with Crippen molar-refractivity contribution in [1.29, 1.82) is 0 Å². The van der Waals surface area contributed by atoms with Gasteiger partial charge in [-0.15, -0.1) is 0 Å². The fraction of sp³-hybridized carbons (Fsp3) is 0. The average Bonchev–Trinajstić information content (AvgIpc) is 3.80. The summed E-state index contributed by atoms with van der Waals surface area (Å²) < 4.78 is 4.82. The molecule has 0 spiro atoms. The SMILES string of the molecule is c1ccc(-c2ccc(-c3nc(-c4ccccc4)nc(-c4ccc5c(c4)c4ccccc4n5-c4cccc5c6ccccc6n(-c6ccccc6)c45)n3)cc2)cc1. The fourth-order valence-corrected chi connectivity index (χ4v) is 8.19. The van der Waals surface area contributed by atoms with Gasteiger partial charge in [0.1, 0.15) is 0 Å². The highest BCUT2D eigenvalue weighted by Crippen LogP contribution is 2.40. The Morgan fingerprint density at radius 1 is 0.286 bits per heavy atom. The Morgan fingerprint density at radius 3 is 1.41 bits per heavy atom. The average molecular weight is 716 g/mol. The first-order valence-corrected chi connectivity index (χ1v) is 18.9. The second-order valence-electron chi connectivity index (χ2n) is 14.1. The van der Waals surface area contributed by atoms with Crippen molar-refractivity contribution in [2.45, 2.75) is 0 Å². The molecule has 0 radical (unpaired) electrons. The molecule has 0 saturated heterocycles. The third kappa shape index (κ3) is 5.21. The van der Waals surface area contributed by atoms with Gasteiger partial charge in [-0.1, -0.05) is 152 Å². The van der Waals surface area contributed by atoms with Crippen molar-refractivity contribution >= 4 is 43.6 Å². The summed E-state index contributed by atoms with van der Waals surface area (Å²) in [5, 5.41) is 4.74. The van der Waals surface area contributed by atoms with E-state index in [-0.39, 0.29) is 0 Å². The van der Waals surface area contributed by atoms with E-state index >= 15 is 0 Å². The predicted octanol–water partition coefficient (Wildman–Crippen LogP) is 12.7. The molecule has 5 heteroatoms. The van der Waals surface area contributed by atoms with Crippen molar-refractivity contribution in [3.8, 4) is 56.7 Å². The molecule has 0 bridgehead atoms. The van der Waals surface area contributed by atoms with Crippen LogP contribution in [0.1, 0.15) is 0 Å². The van der Waals surface area contributed by atoms with Gasteiger partial charge in [0, 0.05) is 43.9 Å². The van der Waals surface area contributed by atoms with E-state index in [2.05, 4.69) is 173 Å². The van der Waals surface area contributed by atoms with E-state index in [1.165, 1.54) is 27.4 Å². The van der Waals surface area contributed by atoms with Gasteiger partial charge < -0.3 is 9.13 Å². The second-order valence-corrected chi connectivity index (χ2v) is 14.1. The molecule has 0 aliphatic carbocycles. The van der Waals surface area contributed by atoms with E-state index in [1.54, 1.807) is 0 Å². The zero-order valence-electron chi connectivity index (χ0n) is 30.3. The van der Waals surface area contributed by atoms with Crippen molar-refractivity contribution in [2.75, 3.05) is 0 Å². The molecular formula is C51H33N5. The van der Waals surface area contributed by atoms with Crippen molar-refractivity contribution in [3.05, 3.63) is 200 Å². The quantitative estimate of drug-likeness (QED) is 0.172. The lowest BCUT2D eigenvalue weighted by atomic mass is 10.0. The Morgan fingerprint density at radius 2 is 0.732 bits per heavy atom. The molecule has 8 aromatic carbocycles. The minimum Gasteiger partial charge on any atom is -0.307 e. The molecule has 3 heterocycles. The standard InChI is InChI=1S/C51H33N5/c1-4-15-34(16-5-1)35-27-29-37(30-28-35)50-52-49(36-17-6-2-7-18-36)53-51(54-50)38-31-32-46-43(33-38)41-22-11-13-25-45(41)56(46)47-26-14-23-42-40-21-10-12-24-44(40)55(48(42)47)39-19-8-3-9-20-39/h1-33H. The number of hydrogen-bond acceptors (Lipinski definition) is 3. The number of benzene rings is 8. The summed E-state index contributed by atoms with van der Waals surface area (Å²) >= 11 is 0. The summed E-state index contributed by atoms with van der Waals surface area (Å²) in [7, 11) is 0. The van der Waals surface area contributed by atoms with Crippen LogP contribution >= 0.6 is 0 Å². The van der Waals surface area contributed by atoms with E-state index in [9.17, 15) is 0 Å². The van der Waals surface area contributed by atoms with Gasteiger partial charge in [0.15, 0.2) is 17.5 Å². The zero-order valence-corrected chi connectivity index (χ0v) is 30.3. The highest BCUT2D eigenvalue weighted by atomic mass is 15.1. The summed E-state index contributed by atoms with van der Waals surface area (Å²) in [5.41, 5.74) is 12.0. The van der Waals surface area contributed by atoms with E-state index in [4.69, 9.17) is 15.0 Å². The molecule has 0 aliphatic rings. The van der Waals surface area contributed by atoms with Crippen LogP contribution in [0.25, 0.3) is 100 Å². The molecule has 0 saturated carbocycles. The van der Waals surface area contributed by atoms with Crippen LogP contribution in [0.3, 0.4) is 0 Å². The van der Waals surface area contributed by atoms with E-state index < -0.39 is 0 Å².